The molecule has 0 aliphatic heterocycles. The van der Waals surface area contributed by atoms with Gasteiger partial charge in [0.25, 0.3) is 0 Å². The van der Waals surface area contributed by atoms with Gasteiger partial charge in [-0.3, -0.25) is 0 Å². The third kappa shape index (κ3) is 6.22. The molecule has 0 spiro atoms. The molecule has 0 amide bonds. The highest BCUT2D eigenvalue weighted by atomic mass is 35.5. The Morgan fingerprint density at radius 1 is 1.20 bits per heavy atom. The summed E-state index contributed by atoms with van der Waals surface area (Å²) in [6, 6.07) is 7.35. The van der Waals surface area contributed by atoms with Gasteiger partial charge in [0, 0.05) is 5.02 Å². The van der Waals surface area contributed by atoms with E-state index >= 15 is 0 Å². The fourth-order valence-electron chi connectivity index (χ4n) is 1.70. The summed E-state index contributed by atoms with van der Waals surface area (Å²) < 4.78 is 26.6. The predicted octanol–water partition coefficient (Wildman–Crippen LogP) is 3.64. The van der Waals surface area contributed by atoms with Gasteiger partial charge in [-0.05, 0) is 31.2 Å². The first-order valence-corrected chi connectivity index (χ1v) is 7.25. The Bertz CT molecular complexity index is 821. The molecule has 0 atom stereocenters. The molecule has 130 valence electrons. The highest BCUT2D eigenvalue weighted by Gasteiger charge is 2.04. The number of aromatic nitrogens is 5. The van der Waals surface area contributed by atoms with Gasteiger partial charge in [-0.25, -0.2) is 19.4 Å². The maximum absolute atomic E-state index is 9.69. The minimum absolute atomic E-state index is 0.306. The van der Waals surface area contributed by atoms with Crippen molar-refractivity contribution in [3.05, 3.63) is 59.4 Å². The van der Waals surface area contributed by atoms with E-state index in [4.69, 9.17) is 21.1 Å². The van der Waals surface area contributed by atoms with Crippen molar-refractivity contribution in [2.24, 2.45) is 0 Å². The first-order chi connectivity index (χ1) is 11.9. The van der Waals surface area contributed by atoms with Crippen molar-refractivity contribution in [2.45, 2.75) is 13.5 Å². The second-order valence-electron chi connectivity index (χ2n) is 4.61. The van der Waals surface area contributed by atoms with E-state index in [0.29, 0.717) is 28.9 Å². The summed E-state index contributed by atoms with van der Waals surface area (Å²) in [5.74, 6) is 1.30. The molecule has 0 aliphatic rings. The largest absolute Gasteiger partial charge is 0.484 e. The van der Waals surface area contributed by atoms with E-state index in [-0.39, 0.29) is 0 Å². The second kappa shape index (κ2) is 8.78. The molecule has 1 aromatic carbocycles. The monoisotopic (exact) mass is 367 g/mol. The van der Waals surface area contributed by atoms with E-state index in [1.54, 1.807) is 35.4 Å². The van der Waals surface area contributed by atoms with Gasteiger partial charge in [-0.2, -0.15) is 0 Å². The SMILES string of the molecule is Cc1ncc(OCc2cn(-c3ccc(Cl)cc3)nn2)cn1.O=C(F)F. The topological polar surface area (TPSA) is 82.8 Å². The summed E-state index contributed by atoms with van der Waals surface area (Å²) in [7, 11) is 0. The van der Waals surface area contributed by atoms with E-state index in [2.05, 4.69) is 20.3 Å². The molecule has 3 aromatic rings. The molecule has 0 bridgehead atoms. The molecule has 0 aliphatic carbocycles. The first-order valence-electron chi connectivity index (χ1n) is 6.87. The number of aryl methyl sites for hydroxylation is 1. The van der Waals surface area contributed by atoms with E-state index in [1.807, 2.05) is 19.1 Å². The van der Waals surface area contributed by atoms with Crippen LogP contribution in [-0.4, -0.2) is 31.3 Å². The molecule has 0 fully saturated rings. The summed E-state index contributed by atoms with van der Waals surface area (Å²) in [6.45, 7) is 2.13. The zero-order chi connectivity index (χ0) is 18.2. The van der Waals surface area contributed by atoms with E-state index in [0.717, 1.165) is 5.69 Å². The summed E-state index contributed by atoms with van der Waals surface area (Å²) in [4.78, 5) is 16.2. The van der Waals surface area contributed by atoms with Crippen LogP contribution in [0.2, 0.25) is 5.02 Å². The minimum atomic E-state index is -2.83. The summed E-state index contributed by atoms with van der Waals surface area (Å²) in [5, 5.41) is 8.80. The van der Waals surface area contributed by atoms with Crippen molar-refractivity contribution in [2.75, 3.05) is 0 Å². The maximum atomic E-state index is 9.69. The predicted molar refractivity (Wildman–Crippen MR) is 85.1 cm³/mol. The van der Waals surface area contributed by atoms with Gasteiger partial charge in [0.2, 0.25) is 0 Å². The Balaban J connectivity index is 0.000000511. The van der Waals surface area contributed by atoms with Gasteiger partial charge in [0.15, 0.2) is 5.75 Å². The summed E-state index contributed by atoms with van der Waals surface area (Å²) in [6.07, 6.45) is 2.23. The number of hydrogen-bond acceptors (Lipinski definition) is 6. The van der Waals surface area contributed by atoms with Gasteiger partial charge in [0.1, 0.15) is 18.1 Å². The lowest BCUT2D eigenvalue weighted by Gasteiger charge is -2.02. The molecular weight excluding hydrogens is 356 g/mol. The lowest BCUT2D eigenvalue weighted by Crippen LogP contribution is -1.97. The number of benzene rings is 1. The van der Waals surface area contributed by atoms with Crippen LogP contribution in [0, 0.1) is 6.92 Å². The normalized spacial score (nSPS) is 9.92. The molecule has 0 radical (unpaired) electrons. The number of hydrogen-bond donors (Lipinski definition) is 0. The van der Waals surface area contributed by atoms with Crippen LogP contribution in [0.5, 0.6) is 5.75 Å². The Morgan fingerprint density at radius 2 is 1.80 bits per heavy atom. The molecule has 2 heterocycles. The zero-order valence-electron chi connectivity index (χ0n) is 12.9. The average molecular weight is 368 g/mol. The summed E-state index contributed by atoms with van der Waals surface area (Å²) >= 11 is 5.86. The van der Waals surface area contributed by atoms with Gasteiger partial charge >= 0.3 is 6.29 Å². The van der Waals surface area contributed by atoms with Gasteiger partial charge in [0.05, 0.1) is 24.3 Å². The Morgan fingerprint density at radius 3 is 2.40 bits per heavy atom. The van der Waals surface area contributed by atoms with Crippen LogP contribution in [0.25, 0.3) is 5.69 Å². The minimum Gasteiger partial charge on any atom is -0.484 e. The van der Waals surface area contributed by atoms with Gasteiger partial charge in [-0.15, -0.1) is 13.9 Å². The number of ether oxygens (including phenoxy) is 1. The second-order valence-corrected chi connectivity index (χ2v) is 5.05. The molecular formula is C15H12ClF2N5O2. The van der Waals surface area contributed by atoms with Crippen molar-refractivity contribution >= 4 is 17.9 Å². The number of carbonyl (C=O) groups excluding carboxylic acids is 1. The zero-order valence-corrected chi connectivity index (χ0v) is 13.7. The molecule has 10 heteroatoms. The highest BCUT2D eigenvalue weighted by Crippen LogP contribution is 2.13. The quantitative estimate of drug-likeness (QED) is 0.655. The first kappa shape index (κ1) is 18.4. The van der Waals surface area contributed by atoms with Crippen molar-refractivity contribution < 1.29 is 18.3 Å². The number of carbonyl (C=O) groups is 1. The standard InChI is InChI=1S/C14H12ClN5O.CF2O/c1-10-16-6-14(7-17-10)21-9-12-8-20(19-18-12)13-4-2-11(15)3-5-13;2-1(3)4/h2-8H,9H2,1H3;. The van der Waals surface area contributed by atoms with Crippen molar-refractivity contribution in [1.29, 1.82) is 0 Å². The molecule has 25 heavy (non-hydrogen) atoms. The molecule has 0 saturated carbocycles. The van der Waals surface area contributed by atoms with E-state index < -0.39 is 6.29 Å². The smallest absolute Gasteiger partial charge is 0.483 e. The number of rotatable bonds is 4. The van der Waals surface area contributed by atoms with Gasteiger partial charge in [-0.1, -0.05) is 16.8 Å². The molecule has 0 N–H and O–H groups in total. The average Bonchev–Trinajstić information content (AvgIpc) is 3.03. The van der Waals surface area contributed by atoms with E-state index in [9.17, 15) is 8.78 Å². The summed E-state index contributed by atoms with van der Waals surface area (Å²) in [5.41, 5.74) is 1.60. The van der Waals surface area contributed by atoms with E-state index in [1.165, 1.54) is 0 Å². The van der Waals surface area contributed by atoms with Crippen molar-refractivity contribution in [3.63, 3.8) is 0 Å². The van der Waals surface area contributed by atoms with Gasteiger partial charge < -0.3 is 4.74 Å². The third-order valence-corrected chi connectivity index (χ3v) is 3.03. The molecule has 0 unspecified atom stereocenters. The van der Waals surface area contributed by atoms with Crippen LogP contribution in [0.4, 0.5) is 13.6 Å². The van der Waals surface area contributed by atoms with Crippen molar-refractivity contribution in [3.8, 4) is 11.4 Å². The molecule has 2 aromatic heterocycles. The van der Waals surface area contributed by atoms with Crippen LogP contribution in [0.1, 0.15) is 11.5 Å². The van der Waals surface area contributed by atoms with Crippen LogP contribution in [0.15, 0.2) is 42.9 Å². The molecule has 0 saturated heterocycles. The Labute approximate surface area is 146 Å². The lowest BCUT2D eigenvalue weighted by molar-refractivity contribution is 0.199. The third-order valence-electron chi connectivity index (χ3n) is 2.78. The fourth-order valence-corrected chi connectivity index (χ4v) is 1.82. The molecule has 3 rings (SSSR count). The maximum Gasteiger partial charge on any atom is 0.483 e. The number of nitrogens with zero attached hydrogens (tertiary/aromatic N) is 5. The van der Waals surface area contributed by atoms with Crippen molar-refractivity contribution in [1.82, 2.24) is 25.0 Å². The highest BCUT2D eigenvalue weighted by molar-refractivity contribution is 6.30. The molecule has 7 nitrogen and oxygen atoms in total. The Kier molecular flexibility index (Phi) is 6.47. The van der Waals surface area contributed by atoms with Crippen LogP contribution in [0.3, 0.4) is 0 Å². The lowest BCUT2D eigenvalue weighted by atomic mass is 10.3. The van der Waals surface area contributed by atoms with Crippen LogP contribution >= 0.6 is 11.6 Å². The fraction of sp³-hybridized carbons (Fsp3) is 0.133. The number of halogens is 3. The Hall–Kier alpha value is -2.94. The van der Waals surface area contributed by atoms with Crippen LogP contribution < -0.4 is 4.74 Å². The van der Waals surface area contributed by atoms with Crippen LogP contribution in [-0.2, 0) is 6.61 Å².